The Bertz CT molecular complexity index is 758. The molecule has 7 heteroatoms. The lowest BCUT2D eigenvalue weighted by Gasteiger charge is -2.18. The van der Waals surface area contributed by atoms with Gasteiger partial charge in [-0.1, -0.05) is 6.07 Å². The van der Waals surface area contributed by atoms with Crippen molar-refractivity contribution in [2.24, 2.45) is 16.6 Å². The van der Waals surface area contributed by atoms with E-state index in [4.69, 9.17) is 10.5 Å². The van der Waals surface area contributed by atoms with Crippen molar-refractivity contribution < 1.29 is 4.74 Å². The topological polar surface area (TPSA) is 77.5 Å². The second-order valence-electron chi connectivity index (χ2n) is 6.56. The van der Waals surface area contributed by atoms with Crippen LogP contribution in [0.25, 0.3) is 0 Å². The van der Waals surface area contributed by atoms with Gasteiger partial charge in [-0.2, -0.15) is 5.10 Å². The lowest BCUT2D eigenvalue weighted by molar-refractivity contribution is 0.0851. The van der Waals surface area contributed by atoms with Gasteiger partial charge in [0.05, 0.1) is 5.69 Å². The van der Waals surface area contributed by atoms with Gasteiger partial charge in [0.2, 0.25) is 0 Å². The number of benzene rings is 1. The van der Waals surface area contributed by atoms with Crippen molar-refractivity contribution in [3.8, 4) is 0 Å². The van der Waals surface area contributed by atoms with Crippen LogP contribution in [0.15, 0.2) is 35.5 Å². The zero-order valence-electron chi connectivity index (χ0n) is 15.6. The first-order valence-electron chi connectivity index (χ1n) is 8.86. The van der Waals surface area contributed by atoms with E-state index in [1.54, 1.807) is 0 Å². The molecular formula is C19H28IN5O. The van der Waals surface area contributed by atoms with Crippen LogP contribution in [0.1, 0.15) is 36.3 Å². The molecule has 1 aromatic carbocycles. The van der Waals surface area contributed by atoms with Crippen molar-refractivity contribution >= 4 is 35.6 Å². The van der Waals surface area contributed by atoms with Crippen molar-refractivity contribution in [2.45, 2.75) is 39.8 Å². The highest BCUT2D eigenvalue weighted by atomic mass is 127. The Hall–Kier alpha value is -1.61. The Morgan fingerprint density at radius 1 is 1.35 bits per heavy atom. The maximum Gasteiger partial charge on any atom is 0.193 e. The van der Waals surface area contributed by atoms with Gasteiger partial charge >= 0.3 is 0 Å². The summed E-state index contributed by atoms with van der Waals surface area (Å²) in [6.45, 7) is 8.51. The van der Waals surface area contributed by atoms with Gasteiger partial charge in [-0.05, 0) is 56.5 Å². The van der Waals surface area contributed by atoms with E-state index in [0.29, 0.717) is 18.4 Å². The summed E-state index contributed by atoms with van der Waals surface area (Å²) < 4.78 is 7.93. The van der Waals surface area contributed by atoms with Crippen LogP contribution in [-0.2, 0) is 11.3 Å². The number of aryl methyl sites for hydroxylation is 3. The molecule has 2 atom stereocenters. The van der Waals surface area contributed by atoms with Crippen LogP contribution in [-0.4, -0.2) is 28.9 Å². The number of ether oxygens (including phenoxy) is 1. The minimum Gasteiger partial charge on any atom is -0.372 e. The van der Waals surface area contributed by atoms with Gasteiger partial charge in [0.25, 0.3) is 0 Å². The van der Waals surface area contributed by atoms with Crippen LogP contribution < -0.4 is 11.1 Å². The number of nitrogens with zero attached hydrogens (tertiary/aromatic N) is 3. The van der Waals surface area contributed by atoms with E-state index in [0.717, 1.165) is 31.0 Å². The molecule has 0 aliphatic carbocycles. The third kappa shape index (κ3) is 4.76. The van der Waals surface area contributed by atoms with Crippen molar-refractivity contribution in [1.82, 2.24) is 9.78 Å². The minimum absolute atomic E-state index is 0. The summed E-state index contributed by atoms with van der Waals surface area (Å²) >= 11 is 0. The van der Waals surface area contributed by atoms with Crippen LogP contribution in [0.5, 0.6) is 0 Å². The van der Waals surface area contributed by atoms with Gasteiger partial charge in [-0.3, -0.25) is 9.67 Å². The molecule has 2 heterocycles. The number of anilines is 1. The van der Waals surface area contributed by atoms with Gasteiger partial charge in [0.1, 0.15) is 6.10 Å². The molecule has 26 heavy (non-hydrogen) atoms. The second kappa shape index (κ2) is 9.36. The third-order valence-electron chi connectivity index (χ3n) is 4.83. The Morgan fingerprint density at radius 3 is 2.88 bits per heavy atom. The fourth-order valence-electron chi connectivity index (χ4n) is 3.22. The summed E-state index contributed by atoms with van der Waals surface area (Å²) in [6.07, 6.45) is 2.86. The van der Waals surface area contributed by atoms with Crippen molar-refractivity contribution in [3.63, 3.8) is 0 Å². The SMILES string of the molecule is CCn1nccc1[C@@H]1OCC[C@H]1CN=C(N)Nc1ccc(C)c(C)c1.I. The summed E-state index contributed by atoms with van der Waals surface area (Å²) in [5, 5.41) is 7.52. The molecule has 142 valence electrons. The molecule has 0 amide bonds. The van der Waals surface area contributed by atoms with Crippen molar-refractivity contribution in [2.75, 3.05) is 18.5 Å². The van der Waals surface area contributed by atoms with Crippen molar-refractivity contribution in [3.05, 3.63) is 47.3 Å². The molecule has 6 nitrogen and oxygen atoms in total. The second-order valence-corrected chi connectivity index (χ2v) is 6.56. The average molecular weight is 469 g/mol. The van der Waals surface area contributed by atoms with Gasteiger partial charge in [0.15, 0.2) is 5.96 Å². The van der Waals surface area contributed by atoms with E-state index >= 15 is 0 Å². The number of nitrogens with one attached hydrogen (secondary N) is 1. The van der Waals surface area contributed by atoms with E-state index < -0.39 is 0 Å². The molecule has 3 N–H and O–H groups in total. The maximum absolute atomic E-state index is 6.07. The molecule has 0 saturated carbocycles. The summed E-state index contributed by atoms with van der Waals surface area (Å²) in [7, 11) is 0. The van der Waals surface area contributed by atoms with E-state index in [1.165, 1.54) is 11.1 Å². The normalized spacial score (nSPS) is 20.0. The molecule has 0 unspecified atom stereocenters. The number of aliphatic imine (C=N–C) groups is 1. The number of hydrogen-bond donors (Lipinski definition) is 2. The molecule has 1 fully saturated rings. The zero-order valence-corrected chi connectivity index (χ0v) is 17.9. The smallest absolute Gasteiger partial charge is 0.193 e. The molecular weight excluding hydrogens is 441 g/mol. The monoisotopic (exact) mass is 469 g/mol. The predicted octanol–water partition coefficient (Wildman–Crippen LogP) is 3.64. The Labute approximate surface area is 172 Å². The zero-order chi connectivity index (χ0) is 17.8. The molecule has 1 saturated heterocycles. The fraction of sp³-hybridized carbons (Fsp3) is 0.474. The highest BCUT2D eigenvalue weighted by Gasteiger charge is 2.31. The molecule has 1 aromatic heterocycles. The first kappa shape index (κ1) is 20.7. The lowest BCUT2D eigenvalue weighted by Crippen LogP contribution is -2.24. The largest absolute Gasteiger partial charge is 0.372 e. The van der Waals surface area contributed by atoms with Gasteiger partial charge in [0, 0.05) is 37.5 Å². The fourth-order valence-corrected chi connectivity index (χ4v) is 3.22. The van der Waals surface area contributed by atoms with Crippen LogP contribution in [0.2, 0.25) is 0 Å². The summed E-state index contributed by atoms with van der Waals surface area (Å²) in [5.41, 5.74) is 10.7. The molecule has 1 aliphatic heterocycles. The van der Waals surface area contributed by atoms with Gasteiger partial charge in [-0.15, -0.1) is 24.0 Å². The van der Waals surface area contributed by atoms with Crippen molar-refractivity contribution in [1.29, 1.82) is 0 Å². The molecule has 1 aliphatic rings. The van der Waals surface area contributed by atoms with Crippen LogP contribution in [0.3, 0.4) is 0 Å². The first-order chi connectivity index (χ1) is 12.1. The van der Waals surface area contributed by atoms with Crippen LogP contribution >= 0.6 is 24.0 Å². The highest BCUT2D eigenvalue weighted by molar-refractivity contribution is 14.0. The Morgan fingerprint density at radius 2 is 2.15 bits per heavy atom. The standard InChI is InChI=1S/C19H27N5O.HI/c1-4-24-17(7-9-22-24)18-15(8-10-25-18)12-21-19(20)23-16-6-5-13(2)14(3)11-16;/h5-7,9,11,15,18H,4,8,10,12H2,1-3H3,(H3,20,21,23);1H/t15-,18+;/m0./s1. The minimum atomic E-state index is 0. The molecule has 0 bridgehead atoms. The molecule has 0 spiro atoms. The molecule has 2 aromatic rings. The summed E-state index contributed by atoms with van der Waals surface area (Å²) in [5.74, 6) is 0.764. The maximum atomic E-state index is 6.07. The average Bonchev–Trinajstić information content (AvgIpc) is 3.24. The third-order valence-corrected chi connectivity index (χ3v) is 4.83. The number of nitrogens with two attached hydrogens (primary N) is 1. The predicted molar refractivity (Wildman–Crippen MR) is 116 cm³/mol. The van der Waals surface area contributed by atoms with E-state index in [1.807, 2.05) is 23.0 Å². The van der Waals surface area contributed by atoms with E-state index in [-0.39, 0.29) is 30.1 Å². The Kier molecular flexibility index (Phi) is 7.45. The number of guanidine groups is 1. The quantitative estimate of drug-likeness (QED) is 0.398. The van der Waals surface area contributed by atoms with Crippen LogP contribution in [0, 0.1) is 19.8 Å². The van der Waals surface area contributed by atoms with Gasteiger partial charge in [-0.25, -0.2) is 0 Å². The Balaban J connectivity index is 0.00000243. The number of hydrogen-bond acceptors (Lipinski definition) is 3. The molecule has 3 rings (SSSR count). The van der Waals surface area contributed by atoms with Crippen LogP contribution in [0.4, 0.5) is 5.69 Å². The summed E-state index contributed by atoms with van der Waals surface area (Å²) in [6, 6.07) is 8.22. The van der Waals surface area contributed by atoms with E-state index in [9.17, 15) is 0 Å². The van der Waals surface area contributed by atoms with Gasteiger partial charge < -0.3 is 15.8 Å². The number of aromatic nitrogens is 2. The lowest BCUT2D eigenvalue weighted by atomic mass is 9.99. The van der Waals surface area contributed by atoms with E-state index in [2.05, 4.69) is 48.3 Å². The highest BCUT2D eigenvalue weighted by Crippen LogP contribution is 2.34. The molecule has 0 radical (unpaired) electrons. The summed E-state index contributed by atoms with van der Waals surface area (Å²) in [4.78, 5) is 4.54. The number of halogens is 1. The first-order valence-corrected chi connectivity index (χ1v) is 8.86. The number of rotatable bonds is 5.